The number of ether oxygens (including phenoxy) is 1. The molecule has 0 fully saturated rings. The molecule has 0 saturated heterocycles. The number of nitrogen functional groups attached to an aromatic ring is 1. The lowest BCUT2D eigenvalue weighted by atomic mass is 9.88. The lowest BCUT2D eigenvalue weighted by Gasteiger charge is -2.22. The Bertz CT molecular complexity index is 1210. The topological polar surface area (TPSA) is 107 Å². The van der Waals surface area contributed by atoms with Crippen LogP contribution in [0.3, 0.4) is 0 Å². The van der Waals surface area contributed by atoms with Gasteiger partial charge >= 0.3 is 0 Å². The zero-order valence-electron chi connectivity index (χ0n) is 17.4. The van der Waals surface area contributed by atoms with Gasteiger partial charge in [0.25, 0.3) is 0 Å². The van der Waals surface area contributed by atoms with Gasteiger partial charge in [0, 0.05) is 47.8 Å². The molecule has 0 amide bonds. The number of anilines is 1. The van der Waals surface area contributed by atoms with Crippen molar-refractivity contribution in [2.24, 2.45) is 13.0 Å². The minimum atomic E-state index is -0.404. The van der Waals surface area contributed by atoms with E-state index in [4.69, 9.17) is 10.5 Å². The van der Waals surface area contributed by atoms with E-state index in [1.165, 1.54) is 0 Å². The fourth-order valence-corrected chi connectivity index (χ4v) is 3.99. The summed E-state index contributed by atoms with van der Waals surface area (Å²) >= 11 is 0. The maximum absolute atomic E-state index is 13.4. The molecule has 1 aliphatic rings. The van der Waals surface area contributed by atoms with Crippen LogP contribution in [0.2, 0.25) is 0 Å². The second-order valence-corrected chi connectivity index (χ2v) is 7.83. The SMILES string of the molecule is Cc1ccc2c(c1)[C@@H](C)Oc1cc(cnc1N)-c1c(nn(C)c1C#N)CC(C)C2=O. The molecule has 0 radical (unpaired) electrons. The minimum absolute atomic E-state index is 0.0193. The van der Waals surface area contributed by atoms with Crippen LogP contribution in [0.4, 0.5) is 5.82 Å². The van der Waals surface area contributed by atoms with Gasteiger partial charge < -0.3 is 10.5 Å². The fraction of sp³-hybridized carbons (Fsp3) is 0.304. The first kappa shape index (κ1) is 19.6. The second-order valence-electron chi connectivity index (χ2n) is 7.83. The summed E-state index contributed by atoms with van der Waals surface area (Å²) in [5.74, 6) is 0.359. The van der Waals surface area contributed by atoms with Crippen LogP contribution in [0, 0.1) is 24.2 Å². The van der Waals surface area contributed by atoms with Gasteiger partial charge in [0.05, 0.1) is 5.69 Å². The molecule has 7 nitrogen and oxygen atoms in total. The Morgan fingerprint density at radius 3 is 2.80 bits per heavy atom. The number of Topliss-reactive ketones (excluding diaryl/α,β-unsaturated/α-hetero) is 1. The molecule has 30 heavy (non-hydrogen) atoms. The normalized spacial score (nSPS) is 18.3. The summed E-state index contributed by atoms with van der Waals surface area (Å²) in [5.41, 5.74) is 11.0. The molecule has 4 rings (SSSR count). The van der Waals surface area contributed by atoms with E-state index in [1.54, 1.807) is 24.0 Å². The van der Waals surface area contributed by atoms with Gasteiger partial charge in [0.2, 0.25) is 0 Å². The molecule has 1 unspecified atom stereocenters. The highest BCUT2D eigenvalue weighted by molar-refractivity contribution is 5.99. The van der Waals surface area contributed by atoms with Crippen LogP contribution in [0.15, 0.2) is 30.5 Å². The molecule has 2 aromatic heterocycles. The van der Waals surface area contributed by atoms with Crippen molar-refractivity contribution in [1.82, 2.24) is 14.8 Å². The number of pyridine rings is 1. The van der Waals surface area contributed by atoms with Crippen LogP contribution >= 0.6 is 0 Å². The van der Waals surface area contributed by atoms with E-state index >= 15 is 0 Å². The van der Waals surface area contributed by atoms with E-state index in [0.717, 1.165) is 11.1 Å². The Hall–Kier alpha value is -3.66. The van der Waals surface area contributed by atoms with Gasteiger partial charge in [-0.3, -0.25) is 9.48 Å². The number of carbonyl (C=O) groups excluding carboxylic acids is 1. The number of carbonyl (C=O) groups is 1. The second kappa shape index (κ2) is 7.30. The summed E-state index contributed by atoms with van der Waals surface area (Å²) in [6.45, 7) is 5.77. The van der Waals surface area contributed by atoms with Gasteiger partial charge in [-0.05, 0) is 19.9 Å². The standard InChI is InChI=1S/C23H23N5O2/c1-12-5-6-16-17(7-12)14(3)30-20-9-15(11-26-23(20)25)21-18(8-13(2)22(16)29)27-28(4)19(21)10-24/h5-7,9,11,13-14H,8H2,1-4H3,(H2,25,26)/t13?,14-/m1/s1. The number of hydrogen-bond donors (Lipinski definition) is 1. The Kier molecular flexibility index (Phi) is 4.78. The number of ketones is 1. The van der Waals surface area contributed by atoms with Crippen LogP contribution < -0.4 is 10.5 Å². The highest BCUT2D eigenvalue weighted by Crippen LogP contribution is 2.36. The van der Waals surface area contributed by atoms with E-state index < -0.39 is 6.10 Å². The molecule has 3 heterocycles. The Morgan fingerprint density at radius 1 is 1.30 bits per heavy atom. The van der Waals surface area contributed by atoms with Crippen LogP contribution in [-0.4, -0.2) is 20.5 Å². The van der Waals surface area contributed by atoms with Crippen LogP contribution in [0.25, 0.3) is 11.1 Å². The average Bonchev–Trinajstić information content (AvgIpc) is 3.03. The van der Waals surface area contributed by atoms with E-state index in [0.29, 0.717) is 40.2 Å². The minimum Gasteiger partial charge on any atom is -0.482 e. The quantitative estimate of drug-likeness (QED) is 0.615. The number of fused-ring (bicyclic) bond motifs is 5. The van der Waals surface area contributed by atoms with E-state index in [-0.39, 0.29) is 17.5 Å². The predicted molar refractivity (Wildman–Crippen MR) is 113 cm³/mol. The smallest absolute Gasteiger partial charge is 0.166 e. The number of benzene rings is 1. The number of nitriles is 1. The zero-order valence-corrected chi connectivity index (χ0v) is 17.4. The van der Waals surface area contributed by atoms with Crippen molar-refractivity contribution < 1.29 is 9.53 Å². The largest absolute Gasteiger partial charge is 0.482 e. The zero-order chi connectivity index (χ0) is 21.6. The van der Waals surface area contributed by atoms with Crippen molar-refractivity contribution in [3.8, 4) is 22.9 Å². The maximum atomic E-state index is 13.4. The Labute approximate surface area is 175 Å². The third kappa shape index (κ3) is 3.20. The molecule has 1 aromatic carbocycles. The molecule has 0 aliphatic carbocycles. The Balaban J connectivity index is 1.98. The lowest BCUT2D eigenvalue weighted by Crippen LogP contribution is -2.19. The molecular weight excluding hydrogens is 378 g/mol. The monoisotopic (exact) mass is 401 g/mol. The highest BCUT2D eigenvalue weighted by atomic mass is 16.5. The molecule has 0 saturated carbocycles. The molecule has 1 aliphatic heterocycles. The first-order valence-electron chi connectivity index (χ1n) is 9.83. The van der Waals surface area contributed by atoms with Crippen LogP contribution in [0.1, 0.15) is 52.8 Å². The molecule has 0 spiro atoms. The summed E-state index contributed by atoms with van der Waals surface area (Å²) in [5, 5.41) is 14.2. The van der Waals surface area contributed by atoms with Crippen molar-refractivity contribution in [3.05, 3.63) is 58.5 Å². The molecule has 2 N–H and O–H groups in total. The van der Waals surface area contributed by atoms with E-state index in [1.807, 2.05) is 39.0 Å². The maximum Gasteiger partial charge on any atom is 0.166 e. The molecule has 2 atom stereocenters. The van der Waals surface area contributed by atoms with Crippen molar-refractivity contribution in [2.45, 2.75) is 33.3 Å². The molecule has 152 valence electrons. The third-order valence-corrected chi connectivity index (χ3v) is 5.56. The first-order valence-corrected chi connectivity index (χ1v) is 9.83. The Morgan fingerprint density at radius 2 is 2.07 bits per heavy atom. The third-order valence-electron chi connectivity index (χ3n) is 5.56. The summed E-state index contributed by atoms with van der Waals surface area (Å²) in [6.07, 6.45) is 1.62. The van der Waals surface area contributed by atoms with Crippen LogP contribution in [-0.2, 0) is 13.5 Å². The molecule has 3 aromatic rings. The van der Waals surface area contributed by atoms with Gasteiger partial charge in [-0.15, -0.1) is 0 Å². The molecule has 7 heteroatoms. The number of rotatable bonds is 0. The van der Waals surface area contributed by atoms with Gasteiger partial charge in [-0.2, -0.15) is 10.4 Å². The number of nitrogens with zero attached hydrogens (tertiary/aromatic N) is 4. The summed E-state index contributed by atoms with van der Waals surface area (Å²) in [7, 11) is 1.72. The first-order chi connectivity index (χ1) is 14.3. The molecule has 2 bridgehead atoms. The fourth-order valence-electron chi connectivity index (χ4n) is 3.99. The summed E-state index contributed by atoms with van der Waals surface area (Å²) < 4.78 is 7.71. The average molecular weight is 401 g/mol. The van der Waals surface area contributed by atoms with Crippen molar-refractivity contribution in [3.63, 3.8) is 0 Å². The number of aryl methyl sites for hydroxylation is 2. The number of aromatic nitrogens is 3. The number of hydrogen-bond acceptors (Lipinski definition) is 6. The predicted octanol–water partition coefficient (Wildman–Crippen LogP) is 3.76. The van der Waals surface area contributed by atoms with Gasteiger partial charge in [-0.1, -0.05) is 30.7 Å². The van der Waals surface area contributed by atoms with Gasteiger partial charge in [-0.25, -0.2) is 4.98 Å². The van der Waals surface area contributed by atoms with Crippen LogP contribution in [0.5, 0.6) is 5.75 Å². The van der Waals surface area contributed by atoms with Crippen molar-refractivity contribution in [2.75, 3.05) is 5.73 Å². The van der Waals surface area contributed by atoms with Crippen molar-refractivity contribution in [1.29, 1.82) is 5.26 Å². The van der Waals surface area contributed by atoms with E-state index in [9.17, 15) is 10.1 Å². The van der Waals surface area contributed by atoms with Gasteiger partial charge in [0.1, 0.15) is 17.9 Å². The highest BCUT2D eigenvalue weighted by Gasteiger charge is 2.28. The van der Waals surface area contributed by atoms with E-state index in [2.05, 4.69) is 16.2 Å². The lowest BCUT2D eigenvalue weighted by molar-refractivity contribution is 0.0924. The summed E-state index contributed by atoms with van der Waals surface area (Å²) in [6, 6.07) is 9.77. The summed E-state index contributed by atoms with van der Waals surface area (Å²) in [4.78, 5) is 17.7. The molecular formula is C23H23N5O2. The van der Waals surface area contributed by atoms with Crippen molar-refractivity contribution >= 4 is 11.6 Å². The number of nitrogens with two attached hydrogens (primary N) is 1. The van der Waals surface area contributed by atoms with Gasteiger partial charge in [0.15, 0.2) is 17.4 Å².